The molecule has 0 aliphatic heterocycles. The summed E-state index contributed by atoms with van der Waals surface area (Å²) in [7, 11) is 0. The maximum Gasteiger partial charge on any atom is 0.122 e. The van der Waals surface area contributed by atoms with Gasteiger partial charge < -0.3 is 4.79 Å². The zero-order valence-corrected chi connectivity index (χ0v) is 10.1. The molecule has 3 aliphatic carbocycles. The van der Waals surface area contributed by atoms with Crippen LogP contribution >= 0.6 is 0 Å². The summed E-state index contributed by atoms with van der Waals surface area (Å²) in [5.41, 5.74) is 2.17. The largest absolute Gasteiger partial charge is 0.303 e. The van der Waals surface area contributed by atoms with Crippen molar-refractivity contribution < 1.29 is 4.79 Å². The van der Waals surface area contributed by atoms with E-state index < -0.39 is 0 Å². The van der Waals surface area contributed by atoms with E-state index in [1.807, 2.05) is 6.92 Å². The van der Waals surface area contributed by atoms with Gasteiger partial charge in [-0.1, -0.05) is 32.4 Å². The summed E-state index contributed by atoms with van der Waals surface area (Å²) in [6.45, 7) is 6.83. The molecule has 0 spiro atoms. The van der Waals surface area contributed by atoms with E-state index in [-0.39, 0.29) is 5.92 Å². The molecule has 0 saturated heterocycles. The maximum absolute atomic E-state index is 10.6. The van der Waals surface area contributed by atoms with Crippen LogP contribution in [0.15, 0.2) is 11.6 Å². The van der Waals surface area contributed by atoms with E-state index >= 15 is 0 Å². The third-order valence-electron chi connectivity index (χ3n) is 4.70. The highest BCUT2D eigenvalue weighted by Crippen LogP contribution is 2.59. The standard InChI is InChI=1S/C14H22O/c1-10(9-15)4-5-11-6-7-12-8-13(11)14(12,2)3/h6,9-10,12-13H,4-5,7-8H2,1-3H3. The quantitative estimate of drug-likeness (QED) is 0.507. The molecule has 0 aromatic heterocycles. The van der Waals surface area contributed by atoms with Crippen LogP contribution in [0.5, 0.6) is 0 Å². The molecule has 0 radical (unpaired) electrons. The molecule has 0 amide bonds. The molecular weight excluding hydrogens is 184 g/mol. The molecule has 3 aliphatic rings. The van der Waals surface area contributed by atoms with Crippen molar-refractivity contribution in [2.24, 2.45) is 23.2 Å². The number of fused-ring (bicyclic) bond motifs is 1. The molecule has 84 valence electrons. The molecule has 1 fully saturated rings. The molecule has 15 heavy (non-hydrogen) atoms. The van der Waals surface area contributed by atoms with E-state index in [1.54, 1.807) is 5.57 Å². The van der Waals surface area contributed by atoms with E-state index in [2.05, 4.69) is 19.9 Å². The van der Waals surface area contributed by atoms with Crippen molar-refractivity contribution in [1.29, 1.82) is 0 Å². The molecule has 1 saturated carbocycles. The Morgan fingerprint density at radius 1 is 1.60 bits per heavy atom. The summed E-state index contributed by atoms with van der Waals surface area (Å²) in [5.74, 6) is 1.97. The van der Waals surface area contributed by atoms with Gasteiger partial charge in [0.2, 0.25) is 0 Å². The lowest BCUT2D eigenvalue weighted by Gasteiger charge is -2.56. The van der Waals surface area contributed by atoms with Crippen molar-refractivity contribution in [3.63, 3.8) is 0 Å². The first kappa shape index (κ1) is 10.9. The molecule has 0 aromatic rings. The second-order valence-electron chi connectivity index (χ2n) is 5.97. The molecule has 2 bridgehead atoms. The normalized spacial score (nSPS) is 33.9. The number of rotatable bonds is 4. The zero-order valence-electron chi connectivity index (χ0n) is 10.1. The van der Waals surface area contributed by atoms with E-state index in [4.69, 9.17) is 0 Å². The maximum atomic E-state index is 10.6. The van der Waals surface area contributed by atoms with Gasteiger partial charge in [0.15, 0.2) is 0 Å². The van der Waals surface area contributed by atoms with E-state index in [1.165, 1.54) is 12.8 Å². The number of carbonyl (C=O) groups excluding carboxylic acids is 1. The number of aldehydes is 1. The van der Waals surface area contributed by atoms with Gasteiger partial charge in [-0.05, 0) is 42.9 Å². The molecule has 1 heteroatoms. The van der Waals surface area contributed by atoms with Crippen LogP contribution in [0.4, 0.5) is 0 Å². The van der Waals surface area contributed by atoms with Crippen molar-refractivity contribution in [3.8, 4) is 0 Å². The van der Waals surface area contributed by atoms with Gasteiger partial charge in [-0.25, -0.2) is 0 Å². The summed E-state index contributed by atoms with van der Waals surface area (Å²) in [4.78, 5) is 10.6. The molecule has 1 nitrogen and oxygen atoms in total. The first-order chi connectivity index (χ1) is 7.05. The number of hydrogen-bond donors (Lipinski definition) is 0. The molecule has 3 rings (SSSR count). The summed E-state index contributed by atoms with van der Waals surface area (Å²) >= 11 is 0. The van der Waals surface area contributed by atoms with Crippen LogP contribution in [-0.4, -0.2) is 6.29 Å². The average Bonchev–Trinajstić information content (AvgIpc) is 2.25. The third-order valence-corrected chi connectivity index (χ3v) is 4.70. The van der Waals surface area contributed by atoms with Crippen molar-refractivity contribution >= 4 is 6.29 Å². The Bertz CT molecular complexity index is 288. The smallest absolute Gasteiger partial charge is 0.122 e. The Kier molecular flexibility index (Phi) is 2.74. The lowest BCUT2D eigenvalue weighted by molar-refractivity contribution is -0.110. The van der Waals surface area contributed by atoms with Crippen molar-refractivity contribution in [2.45, 2.75) is 46.5 Å². The van der Waals surface area contributed by atoms with Crippen LogP contribution in [0, 0.1) is 23.2 Å². The van der Waals surface area contributed by atoms with Gasteiger partial charge in [-0.15, -0.1) is 0 Å². The van der Waals surface area contributed by atoms with Gasteiger partial charge in [0, 0.05) is 5.92 Å². The highest BCUT2D eigenvalue weighted by atomic mass is 16.1. The summed E-state index contributed by atoms with van der Waals surface area (Å²) in [6.07, 6.45) is 8.37. The second kappa shape index (κ2) is 3.77. The van der Waals surface area contributed by atoms with E-state index in [0.717, 1.165) is 31.0 Å². The van der Waals surface area contributed by atoms with Gasteiger partial charge in [0.05, 0.1) is 0 Å². The molecule has 0 N–H and O–H groups in total. The van der Waals surface area contributed by atoms with Crippen molar-refractivity contribution in [2.75, 3.05) is 0 Å². The van der Waals surface area contributed by atoms with E-state index in [9.17, 15) is 4.79 Å². The van der Waals surface area contributed by atoms with Gasteiger partial charge >= 0.3 is 0 Å². The number of carbonyl (C=O) groups is 1. The fourth-order valence-corrected chi connectivity index (χ4v) is 3.22. The van der Waals surface area contributed by atoms with Crippen LogP contribution in [0.2, 0.25) is 0 Å². The van der Waals surface area contributed by atoms with Gasteiger partial charge in [-0.3, -0.25) is 0 Å². The predicted octanol–water partition coefficient (Wildman–Crippen LogP) is 3.59. The Morgan fingerprint density at radius 2 is 2.33 bits per heavy atom. The topological polar surface area (TPSA) is 17.1 Å². The SMILES string of the molecule is CC(C=O)CCC1=CCC2CC1C2(C)C. The summed E-state index contributed by atoms with van der Waals surface area (Å²) in [6, 6.07) is 0. The molecule has 3 unspecified atom stereocenters. The fraction of sp³-hybridized carbons (Fsp3) is 0.786. The van der Waals surface area contributed by atoms with Crippen LogP contribution in [0.1, 0.15) is 46.5 Å². The average molecular weight is 206 g/mol. The van der Waals surface area contributed by atoms with Crippen molar-refractivity contribution in [1.82, 2.24) is 0 Å². The minimum atomic E-state index is 0.229. The molecule has 0 aromatic carbocycles. The Hall–Kier alpha value is -0.590. The van der Waals surface area contributed by atoms with Gasteiger partial charge in [-0.2, -0.15) is 0 Å². The second-order valence-corrected chi connectivity index (χ2v) is 5.97. The summed E-state index contributed by atoms with van der Waals surface area (Å²) in [5, 5.41) is 0. The van der Waals surface area contributed by atoms with Gasteiger partial charge in [0.25, 0.3) is 0 Å². The summed E-state index contributed by atoms with van der Waals surface area (Å²) < 4.78 is 0. The highest BCUT2D eigenvalue weighted by Gasteiger charge is 2.50. The monoisotopic (exact) mass is 206 g/mol. The minimum Gasteiger partial charge on any atom is -0.303 e. The predicted molar refractivity (Wildman–Crippen MR) is 62.5 cm³/mol. The van der Waals surface area contributed by atoms with Crippen LogP contribution in [-0.2, 0) is 4.79 Å². The molecule has 0 heterocycles. The van der Waals surface area contributed by atoms with Crippen LogP contribution < -0.4 is 0 Å². The third kappa shape index (κ3) is 1.77. The Balaban J connectivity index is 1.94. The van der Waals surface area contributed by atoms with Crippen LogP contribution in [0.25, 0.3) is 0 Å². The molecule has 3 atom stereocenters. The Morgan fingerprint density at radius 3 is 2.87 bits per heavy atom. The lowest BCUT2D eigenvalue weighted by Crippen LogP contribution is -2.48. The molecular formula is C14H22O. The minimum absolute atomic E-state index is 0.229. The Labute approximate surface area is 92.9 Å². The van der Waals surface area contributed by atoms with Gasteiger partial charge in [0.1, 0.15) is 6.29 Å². The highest BCUT2D eigenvalue weighted by molar-refractivity contribution is 5.52. The van der Waals surface area contributed by atoms with E-state index in [0.29, 0.717) is 5.41 Å². The number of allylic oxidation sites excluding steroid dienone is 2. The fourth-order valence-electron chi connectivity index (χ4n) is 3.22. The zero-order chi connectivity index (χ0) is 11.1. The first-order valence-corrected chi connectivity index (χ1v) is 6.20. The lowest BCUT2D eigenvalue weighted by atomic mass is 9.48. The van der Waals surface area contributed by atoms with Crippen molar-refractivity contribution in [3.05, 3.63) is 11.6 Å². The first-order valence-electron chi connectivity index (χ1n) is 6.20. The number of hydrogen-bond acceptors (Lipinski definition) is 1. The van der Waals surface area contributed by atoms with Crippen LogP contribution in [0.3, 0.4) is 0 Å².